The van der Waals surface area contributed by atoms with E-state index >= 15 is 0 Å². The van der Waals surface area contributed by atoms with Gasteiger partial charge in [-0.2, -0.15) is 0 Å². The Bertz CT molecular complexity index is 925. The summed E-state index contributed by atoms with van der Waals surface area (Å²) >= 11 is 1.39. The molecule has 0 saturated heterocycles. The smallest absolute Gasteiger partial charge is 0.230 e. The molecule has 2 aromatic carbocycles. The molecule has 0 fully saturated rings. The van der Waals surface area contributed by atoms with E-state index in [0.29, 0.717) is 28.6 Å². The highest BCUT2D eigenvalue weighted by molar-refractivity contribution is 7.13. The zero-order chi connectivity index (χ0) is 19.9. The van der Waals surface area contributed by atoms with Crippen LogP contribution in [-0.4, -0.2) is 43.0 Å². The third-order valence-electron chi connectivity index (χ3n) is 3.91. The van der Waals surface area contributed by atoms with Crippen LogP contribution >= 0.6 is 11.3 Å². The average molecular weight is 399 g/mol. The topological polar surface area (TPSA) is 54.5 Å². The summed E-state index contributed by atoms with van der Waals surface area (Å²) in [5, 5.41) is 5.37. The molecule has 0 aliphatic heterocycles. The van der Waals surface area contributed by atoms with Crippen molar-refractivity contribution in [2.45, 2.75) is 6.42 Å². The molecule has 0 radical (unpaired) electrons. The van der Waals surface area contributed by atoms with Crippen molar-refractivity contribution in [2.75, 3.05) is 32.6 Å². The van der Waals surface area contributed by atoms with E-state index in [1.807, 2.05) is 48.6 Å². The molecule has 1 heterocycles. The van der Waals surface area contributed by atoms with Gasteiger partial charge in [-0.15, -0.1) is 11.3 Å². The maximum Gasteiger partial charge on any atom is 0.230 e. The van der Waals surface area contributed by atoms with Gasteiger partial charge in [0.2, 0.25) is 5.91 Å². The number of hydrogen-bond acceptors (Lipinski definition) is 5. The largest absolute Gasteiger partial charge is 0.492 e. The van der Waals surface area contributed by atoms with Crippen LogP contribution in [0.15, 0.2) is 53.9 Å². The van der Waals surface area contributed by atoms with Gasteiger partial charge in [-0.05, 0) is 50.5 Å². The van der Waals surface area contributed by atoms with Gasteiger partial charge in [0.25, 0.3) is 0 Å². The Morgan fingerprint density at radius 1 is 1.21 bits per heavy atom. The van der Waals surface area contributed by atoms with Gasteiger partial charge < -0.3 is 15.0 Å². The SMILES string of the molecule is CN(C)CCOc1ccc(NC(=O)Cc2csc(-c3cccc(F)c3)n2)cc1. The highest BCUT2D eigenvalue weighted by atomic mass is 32.1. The summed E-state index contributed by atoms with van der Waals surface area (Å²) in [5.41, 5.74) is 2.07. The van der Waals surface area contributed by atoms with Crippen LogP contribution in [0, 0.1) is 5.82 Å². The molecule has 28 heavy (non-hydrogen) atoms. The van der Waals surface area contributed by atoms with E-state index in [4.69, 9.17) is 4.74 Å². The highest BCUT2D eigenvalue weighted by Crippen LogP contribution is 2.24. The monoisotopic (exact) mass is 399 g/mol. The Morgan fingerprint density at radius 2 is 2.00 bits per heavy atom. The molecule has 0 atom stereocenters. The van der Waals surface area contributed by atoms with Crippen LogP contribution in [0.25, 0.3) is 10.6 Å². The number of ether oxygens (including phenoxy) is 1. The fraction of sp³-hybridized carbons (Fsp3) is 0.238. The highest BCUT2D eigenvalue weighted by Gasteiger charge is 2.10. The molecule has 3 aromatic rings. The lowest BCUT2D eigenvalue weighted by Crippen LogP contribution is -2.19. The first kappa shape index (κ1) is 20.0. The Morgan fingerprint density at radius 3 is 2.71 bits per heavy atom. The number of rotatable bonds is 8. The van der Waals surface area contributed by atoms with Gasteiger partial charge >= 0.3 is 0 Å². The Labute approximate surface area is 167 Å². The van der Waals surface area contributed by atoms with E-state index in [0.717, 1.165) is 12.3 Å². The zero-order valence-corrected chi connectivity index (χ0v) is 16.6. The maximum absolute atomic E-state index is 13.3. The van der Waals surface area contributed by atoms with Crippen molar-refractivity contribution < 1.29 is 13.9 Å². The van der Waals surface area contributed by atoms with Gasteiger partial charge in [0, 0.05) is 23.2 Å². The van der Waals surface area contributed by atoms with Gasteiger partial charge in [-0.25, -0.2) is 9.37 Å². The third-order valence-corrected chi connectivity index (χ3v) is 4.85. The molecule has 0 aliphatic rings. The molecule has 5 nitrogen and oxygen atoms in total. The van der Waals surface area contributed by atoms with Crippen molar-refractivity contribution in [3.63, 3.8) is 0 Å². The van der Waals surface area contributed by atoms with Crippen molar-refractivity contribution in [3.05, 3.63) is 65.4 Å². The minimum Gasteiger partial charge on any atom is -0.492 e. The summed E-state index contributed by atoms with van der Waals surface area (Å²) < 4.78 is 19.0. The lowest BCUT2D eigenvalue weighted by atomic mass is 10.2. The van der Waals surface area contributed by atoms with Gasteiger partial charge in [0.05, 0.1) is 12.1 Å². The second kappa shape index (κ2) is 9.43. The van der Waals surface area contributed by atoms with E-state index in [2.05, 4.69) is 10.3 Å². The molecule has 3 rings (SSSR count). The quantitative estimate of drug-likeness (QED) is 0.620. The van der Waals surface area contributed by atoms with Gasteiger partial charge in [-0.3, -0.25) is 4.79 Å². The minimum atomic E-state index is -0.305. The lowest BCUT2D eigenvalue weighted by Gasteiger charge is -2.11. The van der Waals surface area contributed by atoms with E-state index in [1.54, 1.807) is 12.1 Å². The number of thiazole rings is 1. The van der Waals surface area contributed by atoms with Crippen molar-refractivity contribution >= 4 is 22.9 Å². The van der Waals surface area contributed by atoms with Crippen LogP contribution in [0.3, 0.4) is 0 Å². The summed E-state index contributed by atoms with van der Waals surface area (Å²) in [5.74, 6) is 0.303. The summed E-state index contributed by atoms with van der Waals surface area (Å²) in [6, 6.07) is 13.5. The molecule has 1 amide bonds. The fourth-order valence-electron chi connectivity index (χ4n) is 2.49. The van der Waals surface area contributed by atoms with Gasteiger partial charge in [0.1, 0.15) is 23.2 Å². The Balaban J connectivity index is 1.53. The molecule has 146 valence electrons. The van der Waals surface area contributed by atoms with Crippen molar-refractivity contribution in [1.29, 1.82) is 0 Å². The fourth-order valence-corrected chi connectivity index (χ4v) is 3.31. The van der Waals surface area contributed by atoms with Gasteiger partial charge in [0.15, 0.2) is 0 Å². The number of nitrogens with zero attached hydrogens (tertiary/aromatic N) is 2. The molecule has 0 unspecified atom stereocenters. The van der Waals surface area contributed by atoms with E-state index in [9.17, 15) is 9.18 Å². The predicted octanol–water partition coefficient (Wildman–Crippen LogP) is 4.07. The normalized spacial score (nSPS) is 10.9. The second-order valence-electron chi connectivity index (χ2n) is 6.56. The molecule has 7 heteroatoms. The van der Waals surface area contributed by atoms with Gasteiger partial charge in [-0.1, -0.05) is 12.1 Å². The average Bonchev–Trinajstić information content (AvgIpc) is 3.11. The molecule has 0 saturated carbocycles. The first-order valence-electron chi connectivity index (χ1n) is 8.87. The number of benzene rings is 2. The van der Waals surface area contributed by atoms with Crippen LogP contribution in [0.2, 0.25) is 0 Å². The number of aromatic nitrogens is 1. The second-order valence-corrected chi connectivity index (χ2v) is 7.41. The number of hydrogen-bond donors (Lipinski definition) is 1. The number of nitrogens with one attached hydrogen (secondary N) is 1. The molecule has 0 spiro atoms. The number of anilines is 1. The van der Waals surface area contributed by atoms with E-state index in [1.165, 1.54) is 23.5 Å². The van der Waals surface area contributed by atoms with Crippen LogP contribution in [0.5, 0.6) is 5.75 Å². The minimum absolute atomic E-state index is 0.155. The maximum atomic E-state index is 13.3. The third kappa shape index (κ3) is 5.87. The molecule has 0 aliphatic carbocycles. The predicted molar refractivity (Wildman–Crippen MR) is 110 cm³/mol. The first-order valence-corrected chi connectivity index (χ1v) is 9.75. The van der Waals surface area contributed by atoms with Crippen LogP contribution < -0.4 is 10.1 Å². The summed E-state index contributed by atoms with van der Waals surface area (Å²) in [6.07, 6.45) is 0.160. The number of likely N-dealkylation sites (N-methyl/N-ethyl adjacent to an activating group) is 1. The summed E-state index contributed by atoms with van der Waals surface area (Å²) in [6.45, 7) is 1.44. The lowest BCUT2D eigenvalue weighted by molar-refractivity contribution is -0.115. The Hall–Kier alpha value is -2.77. The Kier molecular flexibility index (Phi) is 6.73. The summed E-state index contributed by atoms with van der Waals surface area (Å²) in [7, 11) is 3.98. The zero-order valence-electron chi connectivity index (χ0n) is 15.8. The van der Waals surface area contributed by atoms with E-state index in [-0.39, 0.29) is 18.1 Å². The van der Waals surface area contributed by atoms with E-state index < -0.39 is 0 Å². The van der Waals surface area contributed by atoms with Crippen molar-refractivity contribution in [2.24, 2.45) is 0 Å². The number of carbonyl (C=O) groups is 1. The molecule has 1 N–H and O–H groups in total. The van der Waals surface area contributed by atoms with Crippen molar-refractivity contribution in [1.82, 2.24) is 9.88 Å². The summed E-state index contributed by atoms with van der Waals surface area (Å²) in [4.78, 5) is 18.8. The molecular formula is C21H22FN3O2S. The number of amides is 1. The molecule has 0 bridgehead atoms. The van der Waals surface area contributed by atoms with Crippen LogP contribution in [-0.2, 0) is 11.2 Å². The molecular weight excluding hydrogens is 377 g/mol. The van der Waals surface area contributed by atoms with Crippen molar-refractivity contribution in [3.8, 4) is 16.3 Å². The first-order chi connectivity index (χ1) is 13.5. The van der Waals surface area contributed by atoms with Crippen LogP contribution in [0.1, 0.15) is 5.69 Å². The molecule has 1 aromatic heterocycles. The number of carbonyl (C=O) groups excluding carboxylic acids is 1. The number of halogens is 1. The standard InChI is InChI=1S/C21H22FN3O2S/c1-25(2)10-11-27-19-8-6-17(7-9-19)23-20(26)13-18-14-28-21(24-18)15-4-3-5-16(22)12-15/h3-9,12,14H,10-11,13H2,1-2H3,(H,23,26). The van der Waals surface area contributed by atoms with Crippen LogP contribution in [0.4, 0.5) is 10.1 Å².